The first-order valence-corrected chi connectivity index (χ1v) is 5.05. The highest BCUT2D eigenvalue weighted by Crippen LogP contribution is 2.22. The summed E-state index contributed by atoms with van der Waals surface area (Å²) in [6.07, 6.45) is 0.965. The fourth-order valence-electron chi connectivity index (χ4n) is 0.973. The fourth-order valence-corrected chi connectivity index (χ4v) is 2.24. The van der Waals surface area contributed by atoms with E-state index in [4.69, 9.17) is 12.2 Å². The number of carbonyl (C=O) groups is 1. The van der Waals surface area contributed by atoms with Gasteiger partial charge in [0.2, 0.25) is 5.91 Å². The number of thiocarbonyl (C=S) groups is 1. The molecule has 1 aliphatic heterocycles. The van der Waals surface area contributed by atoms with Gasteiger partial charge in [-0.3, -0.25) is 9.69 Å². The van der Waals surface area contributed by atoms with E-state index in [-0.39, 0.29) is 11.9 Å². The molecular weight excluding hydrogens is 178 g/mol. The van der Waals surface area contributed by atoms with Gasteiger partial charge >= 0.3 is 0 Å². The summed E-state index contributed by atoms with van der Waals surface area (Å²) < 4.78 is 0.740. The van der Waals surface area contributed by atoms with E-state index in [0.717, 1.165) is 10.7 Å². The van der Waals surface area contributed by atoms with Crippen LogP contribution in [0.4, 0.5) is 0 Å². The van der Waals surface area contributed by atoms with Gasteiger partial charge in [0, 0.05) is 6.04 Å². The van der Waals surface area contributed by atoms with Gasteiger partial charge in [-0.15, -0.1) is 0 Å². The molecule has 0 spiro atoms. The summed E-state index contributed by atoms with van der Waals surface area (Å²) in [6.45, 7) is 4.08. The highest BCUT2D eigenvalue weighted by Gasteiger charge is 2.29. The molecule has 0 aromatic rings. The maximum Gasteiger partial charge on any atom is 0.238 e. The van der Waals surface area contributed by atoms with Gasteiger partial charge in [-0.25, -0.2) is 0 Å². The Hall–Kier alpha value is -0.0900. The van der Waals surface area contributed by atoms with E-state index in [1.165, 1.54) is 11.8 Å². The van der Waals surface area contributed by atoms with Crippen LogP contribution in [0.1, 0.15) is 20.3 Å². The summed E-state index contributed by atoms with van der Waals surface area (Å²) in [5, 5.41) is 0. The van der Waals surface area contributed by atoms with Crippen molar-refractivity contribution in [2.24, 2.45) is 0 Å². The monoisotopic (exact) mass is 189 g/mol. The van der Waals surface area contributed by atoms with E-state index in [1.807, 2.05) is 6.92 Å². The normalized spacial score (nSPS) is 21.1. The number of hydrogen-bond acceptors (Lipinski definition) is 3. The number of hydrogen-bond donors (Lipinski definition) is 0. The predicted octanol–water partition coefficient (Wildman–Crippen LogP) is 1.65. The van der Waals surface area contributed by atoms with Crippen LogP contribution in [0, 0.1) is 0 Å². The second kappa shape index (κ2) is 3.54. The van der Waals surface area contributed by atoms with E-state index in [9.17, 15) is 4.79 Å². The number of rotatable bonds is 2. The van der Waals surface area contributed by atoms with E-state index < -0.39 is 0 Å². The molecule has 4 heteroatoms. The van der Waals surface area contributed by atoms with Gasteiger partial charge in [-0.1, -0.05) is 30.9 Å². The summed E-state index contributed by atoms with van der Waals surface area (Å²) in [5.74, 6) is 0.692. The average Bonchev–Trinajstić information content (AvgIpc) is 2.30. The molecule has 0 saturated carbocycles. The quantitative estimate of drug-likeness (QED) is 0.616. The van der Waals surface area contributed by atoms with Crippen LogP contribution >= 0.6 is 24.0 Å². The zero-order valence-corrected chi connectivity index (χ0v) is 8.30. The molecule has 1 saturated heterocycles. The van der Waals surface area contributed by atoms with Crippen molar-refractivity contribution >= 4 is 34.2 Å². The van der Waals surface area contributed by atoms with Crippen molar-refractivity contribution in [1.82, 2.24) is 4.90 Å². The van der Waals surface area contributed by atoms with Crippen LogP contribution in [-0.4, -0.2) is 26.9 Å². The van der Waals surface area contributed by atoms with Crippen LogP contribution < -0.4 is 0 Å². The van der Waals surface area contributed by atoms with Crippen molar-refractivity contribution in [2.45, 2.75) is 26.3 Å². The Balaban J connectivity index is 2.68. The van der Waals surface area contributed by atoms with E-state index >= 15 is 0 Å². The van der Waals surface area contributed by atoms with Crippen LogP contribution in [0.3, 0.4) is 0 Å². The Morgan fingerprint density at radius 3 is 2.82 bits per heavy atom. The summed E-state index contributed by atoms with van der Waals surface area (Å²) in [6, 6.07) is 0.269. The molecule has 0 bridgehead atoms. The molecule has 2 nitrogen and oxygen atoms in total. The summed E-state index contributed by atoms with van der Waals surface area (Å²) in [4.78, 5) is 12.9. The Morgan fingerprint density at radius 1 is 1.82 bits per heavy atom. The summed E-state index contributed by atoms with van der Waals surface area (Å²) in [5.41, 5.74) is 0. The van der Waals surface area contributed by atoms with Crippen molar-refractivity contribution in [3.63, 3.8) is 0 Å². The van der Waals surface area contributed by atoms with E-state index in [0.29, 0.717) is 5.75 Å². The van der Waals surface area contributed by atoms with Crippen LogP contribution in [0.5, 0.6) is 0 Å². The first-order chi connectivity index (χ1) is 5.16. The molecule has 0 aromatic heterocycles. The van der Waals surface area contributed by atoms with Crippen molar-refractivity contribution in [3.05, 3.63) is 0 Å². The molecule has 0 N–H and O–H groups in total. The van der Waals surface area contributed by atoms with Gasteiger partial charge in [-0.2, -0.15) is 0 Å². The largest absolute Gasteiger partial charge is 0.294 e. The number of nitrogens with zero attached hydrogens (tertiary/aromatic N) is 1. The molecule has 1 aliphatic rings. The minimum absolute atomic E-state index is 0.161. The standard InChI is InChI=1S/C7H11NOS2/c1-3-5(2)8-6(9)4-11-7(8)10/h5H,3-4H2,1-2H3. The molecule has 1 amide bonds. The Labute approximate surface area is 76.3 Å². The third kappa shape index (κ3) is 1.73. The second-order valence-electron chi connectivity index (χ2n) is 2.58. The highest BCUT2D eigenvalue weighted by atomic mass is 32.2. The Bertz CT molecular complexity index is 177. The zero-order valence-electron chi connectivity index (χ0n) is 6.66. The molecule has 62 valence electrons. The second-order valence-corrected chi connectivity index (χ2v) is 4.18. The predicted molar refractivity (Wildman–Crippen MR) is 51.7 cm³/mol. The minimum Gasteiger partial charge on any atom is -0.294 e. The first kappa shape index (κ1) is 9.00. The van der Waals surface area contributed by atoms with E-state index in [1.54, 1.807) is 4.90 Å². The van der Waals surface area contributed by atoms with Gasteiger partial charge in [0.05, 0.1) is 5.75 Å². The topological polar surface area (TPSA) is 20.3 Å². The third-order valence-corrected chi connectivity index (χ3v) is 3.20. The van der Waals surface area contributed by atoms with Crippen LogP contribution in [0.25, 0.3) is 0 Å². The first-order valence-electron chi connectivity index (χ1n) is 3.65. The highest BCUT2D eigenvalue weighted by molar-refractivity contribution is 8.23. The Kier molecular flexibility index (Phi) is 2.90. The lowest BCUT2D eigenvalue weighted by atomic mass is 10.2. The molecule has 1 atom stereocenters. The fraction of sp³-hybridized carbons (Fsp3) is 0.714. The van der Waals surface area contributed by atoms with E-state index in [2.05, 4.69) is 6.92 Å². The molecular formula is C7H11NOS2. The van der Waals surface area contributed by atoms with Gasteiger partial charge < -0.3 is 0 Å². The van der Waals surface area contributed by atoms with Gasteiger partial charge in [0.25, 0.3) is 0 Å². The number of thioether (sulfide) groups is 1. The molecule has 11 heavy (non-hydrogen) atoms. The number of amides is 1. The maximum atomic E-state index is 11.2. The zero-order chi connectivity index (χ0) is 8.43. The molecule has 1 unspecified atom stereocenters. The summed E-state index contributed by atoms with van der Waals surface area (Å²) in [7, 11) is 0. The van der Waals surface area contributed by atoms with Gasteiger partial charge in [0.1, 0.15) is 4.32 Å². The molecule has 0 radical (unpaired) electrons. The van der Waals surface area contributed by atoms with Crippen LogP contribution in [0.15, 0.2) is 0 Å². The van der Waals surface area contributed by atoms with Crippen molar-refractivity contribution in [3.8, 4) is 0 Å². The maximum absolute atomic E-state index is 11.2. The van der Waals surface area contributed by atoms with Crippen molar-refractivity contribution < 1.29 is 4.79 Å². The number of carbonyl (C=O) groups excluding carboxylic acids is 1. The van der Waals surface area contributed by atoms with Crippen LogP contribution in [0.2, 0.25) is 0 Å². The average molecular weight is 189 g/mol. The molecule has 1 heterocycles. The lowest BCUT2D eigenvalue weighted by Crippen LogP contribution is -2.36. The Morgan fingerprint density at radius 2 is 2.45 bits per heavy atom. The lowest BCUT2D eigenvalue weighted by Gasteiger charge is -2.21. The van der Waals surface area contributed by atoms with Gasteiger partial charge in [0.15, 0.2) is 0 Å². The molecule has 1 rings (SSSR count). The molecule has 0 aliphatic carbocycles. The molecule has 1 fully saturated rings. The van der Waals surface area contributed by atoms with Gasteiger partial charge in [-0.05, 0) is 13.3 Å². The SMILES string of the molecule is CCC(C)N1C(=O)CSC1=S. The summed E-state index contributed by atoms with van der Waals surface area (Å²) >= 11 is 6.49. The molecule has 0 aromatic carbocycles. The van der Waals surface area contributed by atoms with Crippen molar-refractivity contribution in [1.29, 1.82) is 0 Å². The third-order valence-electron chi connectivity index (χ3n) is 1.82. The van der Waals surface area contributed by atoms with Crippen molar-refractivity contribution in [2.75, 3.05) is 5.75 Å². The smallest absolute Gasteiger partial charge is 0.238 e. The minimum atomic E-state index is 0.161. The lowest BCUT2D eigenvalue weighted by molar-refractivity contribution is -0.125. The van der Waals surface area contributed by atoms with Crippen LogP contribution in [-0.2, 0) is 4.79 Å².